The maximum absolute atomic E-state index is 4.60. The van der Waals surface area contributed by atoms with Gasteiger partial charge in [-0.05, 0) is 49.2 Å². The second kappa shape index (κ2) is 5.36. The molecule has 2 rings (SSSR count). The molecule has 0 saturated heterocycles. The lowest BCUT2D eigenvalue weighted by atomic mass is 10.1. The highest BCUT2D eigenvalue weighted by Gasteiger charge is 2.06. The van der Waals surface area contributed by atoms with E-state index in [9.17, 15) is 0 Å². The fraction of sp³-hybridized carbons (Fsp3) is 0.400. The predicted molar refractivity (Wildman–Crippen MR) is 75.2 cm³/mol. The average molecular weight is 243 g/mol. The van der Waals surface area contributed by atoms with E-state index in [-0.39, 0.29) is 0 Å². The van der Waals surface area contributed by atoms with E-state index in [2.05, 4.69) is 55.5 Å². The van der Waals surface area contributed by atoms with Crippen molar-refractivity contribution in [3.63, 3.8) is 0 Å². The summed E-state index contributed by atoms with van der Waals surface area (Å²) in [4.78, 5) is 0. The fourth-order valence-electron chi connectivity index (χ4n) is 2.00. The number of hydrogen-bond donors (Lipinski definition) is 1. The summed E-state index contributed by atoms with van der Waals surface area (Å²) in [7, 11) is 1.97. The minimum absolute atomic E-state index is 0.468. The van der Waals surface area contributed by atoms with E-state index in [0.29, 0.717) is 5.92 Å². The second-order valence-electron chi connectivity index (χ2n) is 4.98. The first kappa shape index (κ1) is 12.8. The molecular weight excluding hydrogens is 222 g/mol. The van der Waals surface area contributed by atoms with Gasteiger partial charge in [0.05, 0.1) is 11.4 Å². The molecule has 0 spiro atoms. The Morgan fingerprint density at radius 2 is 2.06 bits per heavy atom. The Morgan fingerprint density at radius 1 is 1.28 bits per heavy atom. The van der Waals surface area contributed by atoms with Gasteiger partial charge in [-0.15, -0.1) is 0 Å². The molecular formula is C15H21N3. The van der Waals surface area contributed by atoms with E-state index in [4.69, 9.17) is 0 Å². The standard InChI is InChI=1S/C15H21N3/c1-11(2)15-7-8-18(17-15)14-6-5-13(10-16-4)12(3)9-14/h5-9,11,16H,10H2,1-4H3. The number of rotatable bonds is 4. The van der Waals surface area contributed by atoms with Crippen LogP contribution in [0.3, 0.4) is 0 Å². The fourth-order valence-corrected chi connectivity index (χ4v) is 2.00. The van der Waals surface area contributed by atoms with Gasteiger partial charge in [-0.3, -0.25) is 0 Å². The van der Waals surface area contributed by atoms with Crippen LogP contribution in [0, 0.1) is 6.92 Å². The molecule has 0 unspecified atom stereocenters. The van der Waals surface area contributed by atoms with E-state index in [0.717, 1.165) is 17.9 Å². The molecule has 1 heterocycles. The van der Waals surface area contributed by atoms with Crippen LogP contribution in [0.15, 0.2) is 30.5 Å². The van der Waals surface area contributed by atoms with Crippen molar-refractivity contribution in [3.05, 3.63) is 47.3 Å². The molecule has 0 atom stereocenters. The molecule has 0 saturated carbocycles. The van der Waals surface area contributed by atoms with Gasteiger partial charge in [0.15, 0.2) is 0 Å². The third-order valence-electron chi connectivity index (χ3n) is 3.16. The summed E-state index contributed by atoms with van der Waals surface area (Å²) in [5.41, 5.74) is 4.88. The Morgan fingerprint density at radius 3 is 2.61 bits per heavy atom. The quantitative estimate of drug-likeness (QED) is 0.894. The molecule has 0 radical (unpaired) electrons. The number of benzene rings is 1. The van der Waals surface area contributed by atoms with E-state index in [1.807, 2.05) is 17.9 Å². The Bertz CT molecular complexity index is 526. The lowest BCUT2D eigenvalue weighted by Crippen LogP contribution is -2.07. The van der Waals surface area contributed by atoms with Crippen LogP contribution in [0.25, 0.3) is 5.69 Å². The maximum atomic E-state index is 4.60. The van der Waals surface area contributed by atoms with Crippen molar-refractivity contribution in [1.82, 2.24) is 15.1 Å². The number of aryl methyl sites for hydroxylation is 1. The van der Waals surface area contributed by atoms with Gasteiger partial charge in [0.2, 0.25) is 0 Å². The number of hydrogen-bond acceptors (Lipinski definition) is 2. The van der Waals surface area contributed by atoms with Crippen molar-refractivity contribution in [3.8, 4) is 5.69 Å². The smallest absolute Gasteiger partial charge is 0.0654 e. The van der Waals surface area contributed by atoms with Gasteiger partial charge in [0.1, 0.15) is 0 Å². The Labute approximate surface area is 109 Å². The molecule has 2 aromatic rings. The first-order valence-corrected chi connectivity index (χ1v) is 6.42. The van der Waals surface area contributed by atoms with Crippen LogP contribution < -0.4 is 5.32 Å². The molecule has 0 aliphatic heterocycles. The van der Waals surface area contributed by atoms with Crippen molar-refractivity contribution in [2.75, 3.05) is 7.05 Å². The van der Waals surface area contributed by atoms with Crippen LogP contribution in [0.1, 0.15) is 36.6 Å². The van der Waals surface area contributed by atoms with Gasteiger partial charge in [0, 0.05) is 12.7 Å². The zero-order chi connectivity index (χ0) is 13.1. The number of nitrogens with zero attached hydrogens (tertiary/aromatic N) is 2. The van der Waals surface area contributed by atoms with Crippen molar-refractivity contribution < 1.29 is 0 Å². The van der Waals surface area contributed by atoms with E-state index < -0.39 is 0 Å². The summed E-state index contributed by atoms with van der Waals surface area (Å²) >= 11 is 0. The Balaban J connectivity index is 2.30. The van der Waals surface area contributed by atoms with Gasteiger partial charge >= 0.3 is 0 Å². The summed E-state index contributed by atoms with van der Waals surface area (Å²) in [5.74, 6) is 0.468. The average Bonchev–Trinajstić information content (AvgIpc) is 2.81. The molecule has 0 fully saturated rings. The Kier molecular flexibility index (Phi) is 3.82. The summed E-state index contributed by atoms with van der Waals surface area (Å²) in [6.07, 6.45) is 2.03. The summed E-state index contributed by atoms with van der Waals surface area (Å²) < 4.78 is 1.95. The van der Waals surface area contributed by atoms with Crippen molar-refractivity contribution in [1.29, 1.82) is 0 Å². The Hall–Kier alpha value is -1.61. The van der Waals surface area contributed by atoms with Gasteiger partial charge in [-0.25, -0.2) is 4.68 Å². The normalized spacial score (nSPS) is 11.2. The van der Waals surface area contributed by atoms with Gasteiger partial charge in [-0.1, -0.05) is 19.9 Å². The lowest BCUT2D eigenvalue weighted by molar-refractivity contribution is 0.766. The predicted octanol–water partition coefficient (Wildman–Crippen LogP) is 3.02. The molecule has 0 aliphatic carbocycles. The van der Waals surface area contributed by atoms with Gasteiger partial charge in [-0.2, -0.15) is 5.10 Å². The monoisotopic (exact) mass is 243 g/mol. The molecule has 1 aromatic carbocycles. The zero-order valence-electron chi connectivity index (χ0n) is 11.6. The topological polar surface area (TPSA) is 29.9 Å². The highest BCUT2D eigenvalue weighted by atomic mass is 15.3. The maximum Gasteiger partial charge on any atom is 0.0654 e. The molecule has 0 aliphatic rings. The number of aromatic nitrogens is 2. The van der Waals surface area contributed by atoms with Crippen molar-refractivity contribution in [2.24, 2.45) is 0 Å². The first-order valence-electron chi connectivity index (χ1n) is 6.42. The minimum atomic E-state index is 0.468. The lowest BCUT2D eigenvalue weighted by Gasteiger charge is -2.08. The van der Waals surface area contributed by atoms with E-state index >= 15 is 0 Å². The van der Waals surface area contributed by atoms with E-state index in [1.165, 1.54) is 11.1 Å². The van der Waals surface area contributed by atoms with Crippen molar-refractivity contribution in [2.45, 2.75) is 33.2 Å². The van der Waals surface area contributed by atoms with Crippen LogP contribution in [0.4, 0.5) is 0 Å². The van der Waals surface area contributed by atoms with Crippen LogP contribution in [0.5, 0.6) is 0 Å². The van der Waals surface area contributed by atoms with Crippen LogP contribution in [0.2, 0.25) is 0 Å². The summed E-state index contributed by atoms with van der Waals surface area (Å²) in [5, 5.41) is 7.78. The highest BCUT2D eigenvalue weighted by Crippen LogP contribution is 2.17. The van der Waals surface area contributed by atoms with Crippen LogP contribution >= 0.6 is 0 Å². The molecule has 0 amide bonds. The minimum Gasteiger partial charge on any atom is -0.316 e. The molecule has 0 bridgehead atoms. The van der Waals surface area contributed by atoms with Gasteiger partial charge < -0.3 is 5.32 Å². The highest BCUT2D eigenvalue weighted by molar-refractivity contribution is 5.39. The van der Waals surface area contributed by atoms with Crippen molar-refractivity contribution >= 4 is 0 Å². The third kappa shape index (κ3) is 2.62. The SMILES string of the molecule is CNCc1ccc(-n2ccc(C(C)C)n2)cc1C. The zero-order valence-corrected chi connectivity index (χ0v) is 11.6. The largest absolute Gasteiger partial charge is 0.316 e. The van der Waals surface area contributed by atoms with Crippen LogP contribution in [-0.4, -0.2) is 16.8 Å². The summed E-state index contributed by atoms with van der Waals surface area (Å²) in [6, 6.07) is 8.56. The molecule has 3 nitrogen and oxygen atoms in total. The molecule has 3 heteroatoms. The third-order valence-corrected chi connectivity index (χ3v) is 3.16. The summed E-state index contributed by atoms with van der Waals surface area (Å²) in [6.45, 7) is 7.37. The molecule has 1 N–H and O–H groups in total. The first-order chi connectivity index (χ1) is 8.61. The number of nitrogens with one attached hydrogen (secondary N) is 1. The van der Waals surface area contributed by atoms with Gasteiger partial charge in [0.25, 0.3) is 0 Å². The molecule has 18 heavy (non-hydrogen) atoms. The van der Waals surface area contributed by atoms with Crippen LogP contribution in [-0.2, 0) is 6.54 Å². The second-order valence-corrected chi connectivity index (χ2v) is 4.98. The molecule has 1 aromatic heterocycles. The van der Waals surface area contributed by atoms with E-state index in [1.54, 1.807) is 0 Å². The molecule has 96 valence electrons.